The van der Waals surface area contributed by atoms with Crippen LogP contribution in [0.15, 0.2) is 23.1 Å². The van der Waals surface area contributed by atoms with Crippen LogP contribution in [0.2, 0.25) is 0 Å². The summed E-state index contributed by atoms with van der Waals surface area (Å²) in [4.78, 5) is -0.204. The average Bonchev–Trinajstić information content (AvgIpc) is 2.37. The molecule has 1 aromatic carbocycles. The van der Waals surface area contributed by atoms with Gasteiger partial charge in [-0.3, -0.25) is 0 Å². The zero-order valence-electron chi connectivity index (χ0n) is 11.8. The third-order valence-corrected chi connectivity index (χ3v) is 3.96. The van der Waals surface area contributed by atoms with E-state index in [1.54, 1.807) is 0 Å². The first-order valence-corrected chi connectivity index (χ1v) is 7.80. The molecule has 114 valence electrons. The number of hydrogen-bond acceptors (Lipinski definition) is 4. The molecule has 0 heterocycles. The van der Waals surface area contributed by atoms with Crippen molar-refractivity contribution in [3.8, 4) is 5.75 Å². The van der Waals surface area contributed by atoms with Crippen LogP contribution < -0.4 is 9.46 Å². The van der Waals surface area contributed by atoms with E-state index in [1.165, 1.54) is 13.2 Å². The summed E-state index contributed by atoms with van der Waals surface area (Å²) in [5.74, 6) is -0.522. The molecule has 0 fully saturated rings. The molecule has 1 aromatic rings. The van der Waals surface area contributed by atoms with E-state index in [0.29, 0.717) is 13.0 Å². The van der Waals surface area contributed by atoms with Crippen molar-refractivity contribution >= 4 is 10.0 Å². The molecule has 0 spiro atoms. The van der Waals surface area contributed by atoms with Crippen LogP contribution in [0.5, 0.6) is 5.75 Å². The third kappa shape index (κ3) is 5.07. The lowest BCUT2D eigenvalue weighted by Gasteiger charge is -2.11. The van der Waals surface area contributed by atoms with E-state index < -0.39 is 15.8 Å². The first-order chi connectivity index (χ1) is 9.36. The van der Waals surface area contributed by atoms with E-state index in [0.717, 1.165) is 12.1 Å². The molecule has 0 radical (unpaired) electrons. The number of benzene rings is 1. The van der Waals surface area contributed by atoms with Crippen molar-refractivity contribution in [2.75, 3.05) is 20.3 Å². The zero-order valence-corrected chi connectivity index (χ0v) is 12.7. The predicted molar refractivity (Wildman–Crippen MR) is 73.8 cm³/mol. The number of rotatable bonds is 8. The number of methoxy groups -OCH3 is 1. The van der Waals surface area contributed by atoms with Gasteiger partial charge in [-0.2, -0.15) is 0 Å². The van der Waals surface area contributed by atoms with Gasteiger partial charge in [-0.05, 0) is 38.5 Å². The van der Waals surface area contributed by atoms with E-state index in [4.69, 9.17) is 9.47 Å². The van der Waals surface area contributed by atoms with Gasteiger partial charge in [0.05, 0.1) is 13.2 Å². The highest BCUT2D eigenvalue weighted by atomic mass is 32.2. The van der Waals surface area contributed by atoms with Gasteiger partial charge in [0.15, 0.2) is 0 Å². The van der Waals surface area contributed by atoms with Gasteiger partial charge in [0.25, 0.3) is 0 Å². The third-order valence-electron chi connectivity index (χ3n) is 2.48. The van der Waals surface area contributed by atoms with E-state index >= 15 is 0 Å². The Kier molecular flexibility index (Phi) is 6.38. The minimum Gasteiger partial charge on any atom is -0.495 e. The molecular weight excluding hydrogens is 285 g/mol. The van der Waals surface area contributed by atoms with Crippen LogP contribution in [0.1, 0.15) is 20.3 Å². The summed E-state index contributed by atoms with van der Waals surface area (Å²) in [6.07, 6.45) is 0.643. The summed E-state index contributed by atoms with van der Waals surface area (Å²) in [7, 11) is -2.46. The lowest BCUT2D eigenvalue weighted by molar-refractivity contribution is 0.0778. The lowest BCUT2D eigenvalue weighted by Crippen LogP contribution is -2.26. The van der Waals surface area contributed by atoms with Crippen LogP contribution in [0.3, 0.4) is 0 Å². The summed E-state index contributed by atoms with van der Waals surface area (Å²) in [5, 5.41) is 0. The SMILES string of the molecule is COc1ccc(F)cc1S(=O)(=O)NCCCOC(C)C. The summed E-state index contributed by atoms with van der Waals surface area (Å²) < 4.78 is 49.9. The maximum absolute atomic E-state index is 13.2. The molecule has 0 saturated carbocycles. The molecule has 1 rings (SSSR count). The van der Waals surface area contributed by atoms with Gasteiger partial charge < -0.3 is 9.47 Å². The van der Waals surface area contributed by atoms with Crippen LogP contribution in [-0.2, 0) is 14.8 Å². The molecule has 5 nitrogen and oxygen atoms in total. The minimum absolute atomic E-state index is 0.106. The van der Waals surface area contributed by atoms with Crippen molar-refractivity contribution in [3.63, 3.8) is 0 Å². The van der Waals surface area contributed by atoms with Crippen molar-refractivity contribution in [1.29, 1.82) is 0 Å². The van der Waals surface area contributed by atoms with Crippen molar-refractivity contribution < 1.29 is 22.3 Å². The second-order valence-electron chi connectivity index (χ2n) is 4.47. The molecule has 1 N–H and O–H groups in total. The molecule has 0 bridgehead atoms. The Bertz CT molecular complexity index is 531. The van der Waals surface area contributed by atoms with Gasteiger partial charge in [0.2, 0.25) is 10.0 Å². The largest absolute Gasteiger partial charge is 0.495 e. The first kappa shape index (κ1) is 16.9. The zero-order chi connectivity index (χ0) is 15.2. The van der Waals surface area contributed by atoms with Crippen molar-refractivity contribution in [2.45, 2.75) is 31.3 Å². The summed E-state index contributed by atoms with van der Waals surface area (Å²) in [5.41, 5.74) is 0. The monoisotopic (exact) mass is 305 g/mol. The number of sulfonamides is 1. The summed E-state index contributed by atoms with van der Waals surface area (Å²) >= 11 is 0. The Balaban J connectivity index is 2.67. The van der Waals surface area contributed by atoms with E-state index in [2.05, 4.69) is 4.72 Å². The minimum atomic E-state index is -3.80. The molecular formula is C13H20FNO4S. The average molecular weight is 305 g/mol. The Hall–Kier alpha value is -1.18. The Morgan fingerprint density at radius 1 is 1.35 bits per heavy atom. The van der Waals surface area contributed by atoms with Crippen molar-refractivity contribution in [2.24, 2.45) is 0 Å². The number of halogens is 1. The van der Waals surface area contributed by atoms with Crippen LogP contribution >= 0.6 is 0 Å². The maximum Gasteiger partial charge on any atom is 0.244 e. The van der Waals surface area contributed by atoms with Crippen LogP contribution in [-0.4, -0.2) is 34.8 Å². The van der Waals surface area contributed by atoms with Crippen LogP contribution in [0, 0.1) is 5.82 Å². The normalized spacial score (nSPS) is 11.8. The van der Waals surface area contributed by atoms with Gasteiger partial charge in [0.1, 0.15) is 16.5 Å². The van der Waals surface area contributed by atoms with Crippen LogP contribution in [0.25, 0.3) is 0 Å². The highest BCUT2D eigenvalue weighted by Crippen LogP contribution is 2.24. The predicted octanol–water partition coefficient (Wildman–Crippen LogP) is 1.93. The van der Waals surface area contributed by atoms with E-state index in [-0.39, 0.29) is 23.3 Å². The molecule has 7 heteroatoms. The highest BCUT2D eigenvalue weighted by molar-refractivity contribution is 7.89. The smallest absolute Gasteiger partial charge is 0.244 e. The van der Waals surface area contributed by atoms with Gasteiger partial charge in [-0.25, -0.2) is 17.5 Å². The molecule has 0 amide bonds. The Morgan fingerprint density at radius 3 is 2.65 bits per heavy atom. The lowest BCUT2D eigenvalue weighted by atomic mass is 10.3. The highest BCUT2D eigenvalue weighted by Gasteiger charge is 2.19. The molecule has 0 aliphatic rings. The van der Waals surface area contributed by atoms with E-state index in [9.17, 15) is 12.8 Å². The second kappa shape index (κ2) is 7.56. The van der Waals surface area contributed by atoms with Gasteiger partial charge in [-0.1, -0.05) is 0 Å². The van der Waals surface area contributed by atoms with Crippen molar-refractivity contribution in [1.82, 2.24) is 4.72 Å². The molecule has 0 unspecified atom stereocenters. The Labute approximate surface area is 119 Å². The molecule has 20 heavy (non-hydrogen) atoms. The summed E-state index contributed by atoms with van der Waals surface area (Å²) in [6.45, 7) is 4.48. The quantitative estimate of drug-likeness (QED) is 0.745. The van der Waals surface area contributed by atoms with Gasteiger partial charge in [-0.15, -0.1) is 0 Å². The number of hydrogen-bond donors (Lipinski definition) is 1. The van der Waals surface area contributed by atoms with Gasteiger partial charge >= 0.3 is 0 Å². The maximum atomic E-state index is 13.2. The molecule has 0 aliphatic heterocycles. The van der Waals surface area contributed by atoms with E-state index in [1.807, 2.05) is 13.8 Å². The molecule has 0 aromatic heterocycles. The molecule has 0 aliphatic carbocycles. The van der Waals surface area contributed by atoms with Crippen molar-refractivity contribution in [3.05, 3.63) is 24.0 Å². The fourth-order valence-corrected chi connectivity index (χ4v) is 2.79. The number of ether oxygens (including phenoxy) is 2. The van der Waals surface area contributed by atoms with Crippen LogP contribution in [0.4, 0.5) is 4.39 Å². The summed E-state index contributed by atoms with van der Waals surface area (Å²) in [6, 6.07) is 3.37. The fourth-order valence-electron chi connectivity index (χ4n) is 1.54. The molecule has 0 atom stereocenters. The fraction of sp³-hybridized carbons (Fsp3) is 0.538. The molecule has 0 saturated heterocycles. The van der Waals surface area contributed by atoms with Gasteiger partial charge in [0, 0.05) is 13.2 Å². The Morgan fingerprint density at radius 2 is 2.05 bits per heavy atom. The second-order valence-corrected chi connectivity index (χ2v) is 6.20. The topological polar surface area (TPSA) is 64.6 Å². The number of nitrogens with one attached hydrogen (secondary N) is 1. The standard InChI is InChI=1S/C13H20FNO4S/c1-10(2)19-8-4-7-15-20(16,17)13-9-11(14)5-6-12(13)18-3/h5-6,9-10,15H,4,7-8H2,1-3H3. The first-order valence-electron chi connectivity index (χ1n) is 6.31.